The zero-order chi connectivity index (χ0) is 21.0. The fourth-order valence-corrected chi connectivity index (χ4v) is 5.06. The summed E-state index contributed by atoms with van der Waals surface area (Å²) < 4.78 is 38.6. The molecule has 1 saturated heterocycles. The molecule has 1 fully saturated rings. The van der Waals surface area contributed by atoms with E-state index >= 15 is 0 Å². The summed E-state index contributed by atoms with van der Waals surface area (Å²) in [6.45, 7) is 0.538. The minimum Gasteiger partial charge on any atom is -0.497 e. The molecule has 3 rings (SSSR count). The number of piperidine rings is 1. The van der Waals surface area contributed by atoms with Crippen LogP contribution in [0.2, 0.25) is 0 Å². The highest BCUT2D eigenvalue weighted by atomic mass is 79.9. The number of hydrogen-bond donors (Lipinski definition) is 1. The number of rotatable bonds is 6. The lowest BCUT2D eigenvalue weighted by atomic mass is 9.98. The molecule has 9 heteroatoms. The van der Waals surface area contributed by atoms with Crippen LogP contribution >= 0.6 is 15.9 Å². The largest absolute Gasteiger partial charge is 0.497 e. The number of carbonyl (C=O) groups excluding carboxylic acids is 1. The van der Waals surface area contributed by atoms with E-state index < -0.39 is 15.9 Å². The number of nitrogens with zero attached hydrogens (tertiary/aromatic N) is 1. The van der Waals surface area contributed by atoms with Gasteiger partial charge in [-0.25, -0.2) is 8.42 Å². The van der Waals surface area contributed by atoms with Crippen LogP contribution in [-0.2, 0) is 14.8 Å². The Balaban J connectivity index is 1.73. The van der Waals surface area contributed by atoms with Gasteiger partial charge in [0.2, 0.25) is 15.9 Å². The van der Waals surface area contributed by atoms with Crippen molar-refractivity contribution < 1.29 is 22.7 Å². The van der Waals surface area contributed by atoms with E-state index in [1.807, 2.05) is 0 Å². The average molecular weight is 483 g/mol. The molecule has 0 spiro atoms. The van der Waals surface area contributed by atoms with E-state index in [2.05, 4.69) is 21.2 Å². The Labute approximate surface area is 179 Å². The molecule has 0 aromatic heterocycles. The highest BCUT2D eigenvalue weighted by molar-refractivity contribution is 9.10. The Bertz CT molecular complexity index is 979. The maximum absolute atomic E-state index is 12.9. The third-order valence-electron chi connectivity index (χ3n) is 4.87. The zero-order valence-electron chi connectivity index (χ0n) is 16.2. The number of benzene rings is 2. The quantitative estimate of drug-likeness (QED) is 0.680. The second-order valence-electron chi connectivity index (χ2n) is 6.71. The number of hydrogen-bond acceptors (Lipinski definition) is 5. The summed E-state index contributed by atoms with van der Waals surface area (Å²) in [4.78, 5) is 13.0. The van der Waals surface area contributed by atoms with Gasteiger partial charge >= 0.3 is 0 Å². The van der Waals surface area contributed by atoms with Crippen LogP contribution in [0.15, 0.2) is 51.8 Å². The van der Waals surface area contributed by atoms with Crippen molar-refractivity contribution in [3.63, 3.8) is 0 Å². The van der Waals surface area contributed by atoms with Gasteiger partial charge in [-0.1, -0.05) is 15.9 Å². The predicted octanol–water partition coefficient (Wildman–Crippen LogP) is 3.51. The molecule has 0 radical (unpaired) electrons. The van der Waals surface area contributed by atoms with Crippen LogP contribution < -0.4 is 14.8 Å². The molecule has 0 aliphatic carbocycles. The molecule has 0 saturated carbocycles. The van der Waals surface area contributed by atoms with Crippen LogP contribution in [0.5, 0.6) is 11.5 Å². The van der Waals surface area contributed by atoms with Crippen molar-refractivity contribution >= 4 is 37.5 Å². The monoisotopic (exact) mass is 482 g/mol. The Morgan fingerprint density at radius 3 is 2.52 bits per heavy atom. The Kier molecular flexibility index (Phi) is 6.81. The summed E-state index contributed by atoms with van der Waals surface area (Å²) in [6.07, 6.45) is 1.24. The highest BCUT2D eigenvalue weighted by Gasteiger charge is 2.33. The van der Waals surface area contributed by atoms with Gasteiger partial charge in [-0.05, 0) is 49.2 Å². The summed E-state index contributed by atoms with van der Waals surface area (Å²) in [5.74, 6) is 0.419. The van der Waals surface area contributed by atoms with Crippen molar-refractivity contribution in [1.29, 1.82) is 0 Å². The molecule has 2 aromatic carbocycles. The van der Waals surface area contributed by atoms with E-state index in [0.29, 0.717) is 36.6 Å². The van der Waals surface area contributed by atoms with E-state index in [1.54, 1.807) is 49.6 Å². The fourth-order valence-electron chi connectivity index (χ4n) is 3.27. The molecule has 1 amide bonds. The number of halogens is 1. The van der Waals surface area contributed by atoms with Crippen LogP contribution in [0.25, 0.3) is 0 Å². The molecule has 2 aromatic rings. The maximum Gasteiger partial charge on any atom is 0.243 e. The lowest BCUT2D eigenvalue weighted by Crippen LogP contribution is -2.43. The number of nitrogens with one attached hydrogen (secondary N) is 1. The molecule has 1 N–H and O–H groups in total. The van der Waals surface area contributed by atoms with E-state index in [4.69, 9.17) is 9.47 Å². The minimum absolute atomic E-state index is 0.142. The second-order valence-corrected chi connectivity index (χ2v) is 9.57. The summed E-state index contributed by atoms with van der Waals surface area (Å²) in [5, 5.41) is 2.85. The molecule has 1 heterocycles. The second kappa shape index (κ2) is 9.15. The number of methoxy groups -OCH3 is 2. The smallest absolute Gasteiger partial charge is 0.243 e. The van der Waals surface area contributed by atoms with Crippen molar-refractivity contribution in [1.82, 2.24) is 4.31 Å². The van der Waals surface area contributed by atoms with Gasteiger partial charge < -0.3 is 14.8 Å². The van der Waals surface area contributed by atoms with Gasteiger partial charge in [0.05, 0.1) is 30.7 Å². The Morgan fingerprint density at radius 2 is 1.86 bits per heavy atom. The number of amides is 1. The molecule has 1 atom stereocenters. The first-order chi connectivity index (χ1) is 13.8. The lowest BCUT2D eigenvalue weighted by Gasteiger charge is -2.31. The van der Waals surface area contributed by atoms with Crippen molar-refractivity contribution in [2.75, 3.05) is 32.6 Å². The normalized spacial score (nSPS) is 17.6. The fraction of sp³-hybridized carbons (Fsp3) is 0.350. The first-order valence-corrected chi connectivity index (χ1v) is 11.4. The lowest BCUT2D eigenvalue weighted by molar-refractivity contribution is -0.120. The van der Waals surface area contributed by atoms with Crippen molar-refractivity contribution in [2.24, 2.45) is 5.92 Å². The summed E-state index contributed by atoms with van der Waals surface area (Å²) in [7, 11) is -0.586. The first kappa shape index (κ1) is 21.6. The number of anilines is 1. The Hall–Kier alpha value is -2.10. The molecule has 1 aliphatic rings. The number of ether oxygens (including phenoxy) is 2. The Morgan fingerprint density at radius 1 is 1.14 bits per heavy atom. The van der Waals surface area contributed by atoms with E-state index in [0.717, 1.165) is 4.47 Å². The van der Waals surface area contributed by atoms with Crippen LogP contribution in [0.4, 0.5) is 5.69 Å². The third kappa shape index (κ3) is 4.91. The maximum atomic E-state index is 12.9. The molecule has 0 bridgehead atoms. The van der Waals surface area contributed by atoms with Crippen LogP contribution in [0, 0.1) is 5.92 Å². The van der Waals surface area contributed by atoms with Crippen LogP contribution in [0.1, 0.15) is 12.8 Å². The molecule has 7 nitrogen and oxygen atoms in total. The summed E-state index contributed by atoms with van der Waals surface area (Å²) >= 11 is 3.31. The zero-order valence-corrected chi connectivity index (χ0v) is 18.6. The minimum atomic E-state index is -3.65. The van der Waals surface area contributed by atoms with E-state index in [-0.39, 0.29) is 17.3 Å². The van der Waals surface area contributed by atoms with Crippen molar-refractivity contribution in [2.45, 2.75) is 17.7 Å². The standard InChI is InChI=1S/C20H23BrN2O5S/c1-27-16-7-10-18(19(12-16)28-2)22-20(24)14-4-3-11-23(13-14)29(25,26)17-8-5-15(21)6-9-17/h5-10,12,14H,3-4,11,13H2,1-2H3,(H,22,24)/t14-/m1/s1. The van der Waals surface area contributed by atoms with Gasteiger partial charge in [0.1, 0.15) is 11.5 Å². The molecule has 156 valence electrons. The van der Waals surface area contributed by atoms with Crippen LogP contribution in [0.3, 0.4) is 0 Å². The SMILES string of the molecule is COc1ccc(NC(=O)[C@@H]2CCCN(S(=O)(=O)c3ccc(Br)cc3)C2)c(OC)c1. The average Bonchev–Trinajstić information content (AvgIpc) is 2.74. The predicted molar refractivity (Wildman–Crippen MR) is 114 cm³/mol. The number of carbonyl (C=O) groups is 1. The van der Waals surface area contributed by atoms with E-state index in [1.165, 1.54) is 11.4 Å². The molecular formula is C20H23BrN2O5S. The van der Waals surface area contributed by atoms with Crippen molar-refractivity contribution in [3.8, 4) is 11.5 Å². The highest BCUT2D eigenvalue weighted by Crippen LogP contribution is 2.31. The van der Waals surface area contributed by atoms with Gasteiger partial charge in [-0.15, -0.1) is 0 Å². The molecule has 0 unspecified atom stereocenters. The molecule has 29 heavy (non-hydrogen) atoms. The first-order valence-electron chi connectivity index (χ1n) is 9.13. The van der Waals surface area contributed by atoms with E-state index in [9.17, 15) is 13.2 Å². The summed E-state index contributed by atoms with van der Waals surface area (Å²) in [6, 6.07) is 11.6. The third-order valence-corrected chi connectivity index (χ3v) is 7.28. The van der Waals surface area contributed by atoms with Crippen molar-refractivity contribution in [3.05, 3.63) is 46.9 Å². The summed E-state index contributed by atoms with van der Waals surface area (Å²) in [5.41, 5.74) is 0.520. The van der Waals surface area contributed by atoms with Gasteiger partial charge in [-0.2, -0.15) is 4.31 Å². The van der Waals surface area contributed by atoms with Gasteiger partial charge in [0.15, 0.2) is 0 Å². The topological polar surface area (TPSA) is 84.9 Å². The van der Waals surface area contributed by atoms with Crippen LogP contribution in [-0.4, -0.2) is 45.9 Å². The van der Waals surface area contributed by atoms with Gasteiger partial charge in [0, 0.05) is 23.6 Å². The van der Waals surface area contributed by atoms with Gasteiger partial charge in [-0.3, -0.25) is 4.79 Å². The number of sulfonamides is 1. The molecule has 1 aliphatic heterocycles. The molecular weight excluding hydrogens is 460 g/mol. The van der Waals surface area contributed by atoms with Gasteiger partial charge in [0.25, 0.3) is 0 Å².